The lowest BCUT2D eigenvalue weighted by Gasteiger charge is -2.58. The van der Waals surface area contributed by atoms with Gasteiger partial charge in [-0.05, 0) is 91.8 Å². The number of nitrogens with one attached hydrogen (secondary N) is 1. The van der Waals surface area contributed by atoms with Crippen molar-refractivity contribution in [1.29, 1.82) is 0 Å². The third kappa shape index (κ3) is 4.33. The SMILES string of the molecule is COC(=O)N1CCN(C(=O)NC[C@@H](C)[C@H]2CC[C@H]3[C@@H]4CC=C5C[C@@H](O)CC[C@]5(C)[C@H]4CC[C@]23C)CC1. The van der Waals surface area contributed by atoms with Crippen LogP contribution in [0.2, 0.25) is 0 Å². The van der Waals surface area contributed by atoms with E-state index in [-0.39, 0.29) is 18.2 Å². The Kier molecular flexibility index (Phi) is 7.08. The van der Waals surface area contributed by atoms with Gasteiger partial charge in [-0.2, -0.15) is 0 Å². The van der Waals surface area contributed by atoms with Crippen molar-refractivity contribution in [3.05, 3.63) is 11.6 Å². The molecule has 4 aliphatic carbocycles. The van der Waals surface area contributed by atoms with Gasteiger partial charge in [0.2, 0.25) is 0 Å². The van der Waals surface area contributed by atoms with E-state index in [2.05, 4.69) is 32.2 Å². The zero-order valence-corrected chi connectivity index (χ0v) is 22.8. The Labute approximate surface area is 217 Å². The summed E-state index contributed by atoms with van der Waals surface area (Å²) in [7, 11) is 1.40. The van der Waals surface area contributed by atoms with Crippen LogP contribution in [0.5, 0.6) is 0 Å². The Balaban J connectivity index is 1.18. The maximum atomic E-state index is 12.9. The Morgan fingerprint density at radius 3 is 2.53 bits per heavy atom. The highest BCUT2D eigenvalue weighted by atomic mass is 16.5. The average Bonchev–Trinajstić information content (AvgIpc) is 3.24. The van der Waals surface area contributed by atoms with Gasteiger partial charge in [0.1, 0.15) is 0 Å². The number of hydrogen-bond acceptors (Lipinski definition) is 4. The van der Waals surface area contributed by atoms with Gasteiger partial charge in [0.15, 0.2) is 0 Å². The van der Waals surface area contributed by atoms with E-state index in [4.69, 9.17) is 4.74 Å². The van der Waals surface area contributed by atoms with Crippen LogP contribution < -0.4 is 5.32 Å². The van der Waals surface area contributed by atoms with Gasteiger partial charge in [0.05, 0.1) is 13.2 Å². The Bertz CT molecular complexity index is 884. The van der Waals surface area contributed by atoms with Crippen LogP contribution in [0.1, 0.15) is 72.1 Å². The molecule has 1 heterocycles. The number of aliphatic hydroxyl groups excluding tert-OH is 1. The monoisotopic (exact) mass is 501 g/mol. The van der Waals surface area contributed by atoms with E-state index in [9.17, 15) is 14.7 Å². The van der Waals surface area contributed by atoms with E-state index in [0.717, 1.165) is 43.6 Å². The highest BCUT2D eigenvalue weighted by Crippen LogP contribution is 2.67. The van der Waals surface area contributed by atoms with Gasteiger partial charge in [0.25, 0.3) is 0 Å². The number of carbonyl (C=O) groups is 2. The molecule has 5 aliphatic rings. The fourth-order valence-corrected chi connectivity index (χ4v) is 9.34. The number of urea groups is 1. The second-order valence-corrected chi connectivity index (χ2v) is 13.0. The van der Waals surface area contributed by atoms with Crippen LogP contribution in [0.15, 0.2) is 11.6 Å². The van der Waals surface area contributed by atoms with E-state index in [0.29, 0.717) is 48.8 Å². The van der Waals surface area contributed by atoms with E-state index in [1.807, 2.05) is 4.90 Å². The summed E-state index contributed by atoms with van der Waals surface area (Å²) in [5, 5.41) is 13.5. The molecule has 2 N–H and O–H groups in total. The molecule has 0 radical (unpaired) electrons. The largest absolute Gasteiger partial charge is 0.453 e. The predicted octanol–water partition coefficient (Wildman–Crippen LogP) is 4.66. The van der Waals surface area contributed by atoms with Gasteiger partial charge in [-0.3, -0.25) is 0 Å². The first-order chi connectivity index (χ1) is 17.2. The molecule has 0 bridgehead atoms. The molecular formula is C29H47N3O4. The van der Waals surface area contributed by atoms with E-state index < -0.39 is 0 Å². The second kappa shape index (κ2) is 9.85. The molecule has 3 amide bonds. The first-order valence-corrected chi connectivity index (χ1v) is 14.4. The van der Waals surface area contributed by atoms with Gasteiger partial charge in [0, 0.05) is 32.7 Å². The topological polar surface area (TPSA) is 82.1 Å². The lowest BCUT2D eigenvalue weighted by molar-refractivity contribution is -0.0564. The number of ether oxygens (including phenoxy) is 1. The number of hydrogen-bond donors (Lipinski definition) is 2. The molecule has 0 unspecified atom stereocenters. The van der Waals surface area contributed by atoms with Crippen molar-refractivity contribution in [2.45, 2.75) is 78.2 Å². The predicted molar refractivity (Wildman–Crippen MR) is 139 cm³/mol. The van der Waals surface area contributed by atoms with Crippen LogP contribution in [0.25, 0.3) is 0 Å². The first kappa shape index (κ1) is 25.9. The van der Waals surface area contributed by atoms with Crippen LogP contribution in [-0.2, 0) is 4.74 Å². The van der Waals surface area contributed by atoms with Crippen molar-refractivity contribution in [3.63, 3.8) is 0 Å². The molecular weight excluding hydrogens is 454 g/mol. The summed E-state index contributed by atoms with van der Waals surface area (Å²) in [6.45, 7) is 10.3. The summed E-state index contributed by atoms with van der Waals surface area (Å²) in [6, 6.07) is -0.00729. The Hall–Kier alpha value is -1.76. The molecule has 0 aromatic carbocycles. The van der Waals surface area contributed by atoms with Crippen molar-refractivity contribution >= 4 is 12.1 Å². The van der Waals surface area contributed by atoms with Crippen LogP contribution in [-0.4, -0.2) is 73.0 Å². The molecule has 202 valence electrons. The third-order valence-corrected chi connectivity index (χ3v) is 11.4. The first-order valence-electron chi connectivity index (χ1n) is 14.4. The summed E-state index contributed by atoms with van der Waals surface area (Å²) >= 11 is 0. The smallest absolute Gasteiger partial charge is 0.409 e. The summed E-state index contributed by atoms with van der Waals surface area (Å²) in [5.74, 6) is 3.40. The molecule has 0 aromatic rings. The lowest BCUT2D eigenvalue weighted by atomic mass is 9.47. The molecule has 7 nitrogen and oxygen atoms in total. The number of methoxy groups -OCH3 is 1. The van der Waals surface area contributed by atoms with E-state index in [1.54, 1.807) is 10.5 Å². The van der Waals surface area contributed by atoms with Crippen LogP contribution >= 0.6 is 0 Å². The molecule has 1 saturated heterocycles. The van der Waals surface area contributed by atoms with E-state index >= 15 is 0 Å². The van der Waals surface area contributed by atoms with Crippen molar-refractivity contribution < 1.29 is 19.4 Å². The molecule has 3 saturated carbocycles. The Morgan fingerprint density at radius 1 is 1.08 bits per heavy atom. The summed E-state index contributed by atoms with van der Waals surface area (Å²) in [5.41, 5.74) is 2.19. The fraction of sp³-hybridized carbons (Fsp3) is 0.862. The maximum absolute atomic E-state index is 12.9. The number of rotatable bonds is 3. The number of fused-ring (bicyclic) bond motifs is 5. The number of nitrogens with zero attached hydrogens (tertiary/aromatic N) is 2. The van der Waals surface area contributed by atoms with Crippen molar-refractivity contribution in [2.75, 3.05) is 39.8 Å². The zero-order valence-electron chi connectivity index (χ0n) is 22.8. The minimum absolute atomic E-state index is 0.00729. The molecule has 36 heavy (non-hydrogen) atoms. The highest BCUT2D eigenvalue weighted by Gasteiger charge is 2.59. The average molecular weight is 502 g/mol. The number of piperazine rings is 1. The number of carbonyl (C=O) groups excluding carboxylic acids is 2. The van der Waals surface area contributed by atoms with Crippen LogP contribution in [0.4, 0.5) is 9.59 Å². The lowest BCUT2D eigenvalue weighted by Crippen LogP contribution is -2.54. The number of allylic oxidation sites excluding steroid dienone is 1. The molecule has 7 heteroatoms. The molecule has 0 aromatic heterocycles. The molecule has 5 rings (SSSR count). The summed E-state index contributed by atoms with van der Waals surface area (Å²) < 4.78 is 4.80. The van der Waals surface area contributed by atoms with Crippen molar-refractivity contribution in [3.8, 4) is 0 Å². The van der Waals surface area contributed by atoms with E-state index in [1.165, 1.54) is 39.2 Å². The van der Waals surface area contributed by atoms with Gasteiger partial charge >= 0.3 is 12.1 Å². The number of aliphatic hydroxyl groups is 1. The van der Waals surface area contributed by atoms with Crippen LogP contribution in [0, 0.1) is 40.4 Å². The maximum Gasteiger partial charge on any atom is 0.409 e. The number of amides is 3. The molecule has 4 fully saturated rings. The van der Waals surface area contributed by atoms with Crippen molar-refractivity contribution in [1.82, 2.24) is 15.1 Å². The highest BCUT2D eigenvalue weighted by molar-refractivity contribution is 5.75. The van der Waals surface area contributed by atoms with Gasteiger partial charge < -0.3 is 25.0 Å². The minimum Gasteiger partial charge on any atom is -0.453 e. The third-order valence-electron chi connectivity index (χ3n) is 11.4. The molecule has 1 aliphatic heterocycles. The second-order valence-electron chi connectivity index (χ2n) is 13.0. The van der Waals surface area contributed by atoms with Gasteiger partial charge in [-0.15, -0.1) is 0 Å². The Morgan fingerprint density at radius 2 is 1.81 bits per heavy atom. The summed E-state index contributed by atoms with van der Waals surface area (Å²) in [4.78, 5) is 28.1. The van der Waals surface area contributed by atoms with Gasteiger partial charge in [-0.25, -0.2) is 9.59 Å². The van der Waals surface area contributed by atoms with Crippen molar-refractivity contribution in [2.24, 2.45) is 40.4 Å². The quantitative estimate of drug-likeness (QED) is 0.551. The summed E-state index contributed by atoms with van der Waals surface area (Å²) in [6.07, 6.45) is 11.4. The van der Waals surface area contributed by atoms with Gasteiger partial charge in [-0.1, -0.05) is 32.4 Å². The van der Waals surface area contributed by atoms with Crippen LogP contribution in [0.3, 0.4) is 0 Å². The normalized spacial score (nSPS) is 40.9. The fourth-order valence-electron chi connectivity index (χ4n) is 9.34. The minimum atomic E-state index is -0.317. The zero-order chi connectivity index (χ0) is 25.7. The standard InChI is InChI=1S/C29H47N3O4/c1-19(18-30-26(34)31-13-15-32(16-14-31)27(35)36-4)23-7-8-24-22-6-5-20-17-21(33)9-11-28(20,2)25(22)10-12-29(23,24)3/h5,19,21-25,33H,6-18H2,1-4H3,(H,30,34)/t19-,21+,22+,23-,24+,25+,28+,29-/m1/s1. The molecule has 0 spiro atoms. The molecule has 8 atom stereocenters.